The van der Waals surface area contributed by atoms with Crippen molar-refractivity contribution >= 4 is 39.4 Å². The van der Waals surface area contributed by atoms with Crippen molar-refractivity contribution in [3.8, 4) is 5.75 Å². The summed E-state index contributed by atoms with van der Waals surface area (Å²) in [6.45, 7) is 8.37. The monoisotopic (exact) mass is 648 g/mol. The molecule has 0 aliphatic heterocycles. The lowest BCUT2D eigenvalue weighted by Gasteiger charge is -2.30. The van der Waals surface area contributed by atoms with Gasteiger partial charge in [0.05, 0.1) is 17.4 Å². The van der Waals surface area contributed by atoms with Crippen molar-refractivity contribution in [1.82, 2.24) is 5.32 Å². The van der Waals surface area contributed by atoms with Gasteiger partial charge in [0.2, 0.25) is 0 Å². The number of halogens is 7. The van der Waals surface area contributed by atoms with Crippen LogP contribution in [0.2, 0.25) is 0 Å². The van der Waals surface area contributed by atoms with E-state index in [0.29, 0.717) is 24.1 Å². The maximum absolute atomic E-state index is 14.4. The van der Waals surface area contributed by atoms with Gasteiger partial charge in [-0.05, 0) is 50.8 Å². The molecule has 0 bridgehead atoms. The lowest BCUT2D eigenvalue weighted by molar-refractivity contribution is -0.348. The third-order valence-electron chi connectivity index (χ3n) is 5.35. The number of carbonyl (C=O) groups is 2. The molecule has 0 aliphatic carbocycles. The lowest BCUT2D eigenvalue weighted by Crippen LogP contribution is -2.50. The van der Waals surface area contributed by atoms with E-state index in [1.165, 1.54) is 17.8 Å². The zero-order valence-electron chi connectivity index (χ0n) is 23.7. The third-order valence-corrected chi connectivity index (χ3v) is 6.84. The van der Waals surface area contributed by atoms with Crippen LogP contribution < -0.4 is 14.8 Å². The number of hydrogen-bond donors (Lipinski definition) is 2. The zero-order chi connectivity index (χ0) is 32.9. The van der Waals surface area contributed by atoms with Crippen LogP contribution in [0.25, 0.3) is 0 Å². The highest BCUT2D eigenvalue weighted by Gasteiger charge is 2.73. The number of aryl methyl sites for hydroxylation is 1. The molecule has 16 heteroatoms. The van der Waals surface area contributed by atoms with E-state index >= 15 is 0 Å². The van der Waals surface area contributed by atoms with Gasteiger partial charge in [0, 0.05) is 22.5 Å². The molecule has 2 N–H and O–H groups in total. The van der Waals surface area contributed by atoms with Gasteiger partial charge in [-0.15, -0.1) is 0 Å². The Morgan fingerprint density at radius 1 is 0.929 bits per heavy atom. The standard InChI is InChI=1S/C24H25F7N2O5S2.C2H6/c1-13-11-14(22(25,23(26,27)28)24(29,30)31)9-10-16(13)32-19(34)15-7-6-8-17(38-40(5,36)37)18(15)20(35)33-21(2,3)12-39-4;1-2/h6-11H,12H2,1-5H3,(H,32,34)(H,33,35);1-2H3. The smallest absolute Gasteiger partial charge is 0.382 e. The van der Waals surface area contributed by atoms with Crippen LogP contribution in [0.1, 0.15) is 59.5 Å². The summed E-state index contributed by atoms with van der Waals surface area (Å²) in [7, 11) is -4.17. The van der Waals surface area contributed by atoms with Crippen molar-refractivity contribution in [2.45, 2.75) is 58.2 Å². The molecule has 0 spiro atoms. The Bertz CT molecular complexity index is 1380. The number of carbonyl (C=O) groups excluding carboxylic acids is 2. The quantitative estimate of drug-likeness (QED) is 0.230. The summed E-state index contributed by atoms with van der Waals surface area (Å²) in [6, 6.07) is 4.60. The minimum atomic E-state index is -6.32. The van der Waals surface area contributed by atoms with Crippen molar-refractivity contribution in [3.05, 3.63) is 58.7 Å². The normalized spacial score (nSPS) is 12.6. The first-order chi connectivity index (χ1) is 19.0. The van der Waals surface area contributed by atoms with Gasteiger partial charge in [0.15, 0.2) is 5.75 Å². The zero-order valence-corrected chi connectivity index (χ0v) is 25.3. The van der Waals surface area contributed by atoms with Crippen molar-refractivity contribution in [2.75, 3.05) is 23.6 Å². The molecule has 0 unspecified atom stereocenters. The highest BCUT2D eigenvalue weighted by Crippen LogP contribution is 2.53. The number of anilines is 1. The molecule has 0 saturated carbocycles. The summed E-state index contributed by atoms with van der Waals surface area (Å²) in [5.74, 6) is -2.06. The summed E-state index contributed by atoms with van der Waals surface area (Å²) >= 11 is 1.39. The molecule has 0 fully saturated rings. The Morgan fingerprint density at radius 2 is 1.48 bits per heavy atom. The van der Waals surface area contributed by atoms with Gasteiger partial charge < -0.3 is 14.8 Å². The van der Waals surface area contributed by atoms with Gasteiger partial charge in [-0.25, -0.2) is 4.39 Å². The second-order valence-electron chi connectivity index (χ2n) is 9.38. The second kappa shape index (κ2) is 13.5. The van der Waals surface area contributed by atoms with Crippen LogP contribution in [0.3, 0.4) is 0 Å². The second-order valence-corrected chi connectivity index (χ2v) is 11.8. The Morgan fingerprint density at radius 3 is 1.93 bits per heavy atom. The topological polar surface area (TPSA) is 102 Å². The number of amides is 2. The molecular weight excluding hydrogens is 617 g/mol. The van der Waals surface area contributed by atoms with Crippen LogP contribution >= 0.6 is 11.8 Å². The fourth-order valence-electron chi connectivity index (χ4n) is 3.65. The molecule has 0 heterocycles. The predicted molar refractivity (Wildman–Crippen MR) is 147 cm³/mol. The van der Waals surface area contributed by atoms with Crippen LogP contribution in [-0.2, 0) is 15.8 Å². The first-order valence-corrected chi connectivity index (χ1v) is 15.3. The Hall–Kier alpha value is -3.01. The number of hydrogen-bond acceptors (Lipinski definition) is 6. The minimum absolute atomic E-state index is 0.228. The highest BCUT2D eigenvalue weighted by molar-refractivity contribution is 7.98. The maximum atomic E-state index is 14.4. The minimum Gasteiger partial charge on any atom is -0.382 e. The van der Waals surface area contributed by atoms with Gasteiger partial charge in [0.1, 0.15) is 0 Å². The summed E-state index contributed by atoms with van der Waals surface area (Å²) in [5, 5.41) is 4.90. The molecule has 236 valence electrons. The van der Waals surface area contributed by atoms with Crippen molar-refractivity contribution in [3.63, 3.8) is 0 Å². The SMILES string of the molecule is CC.CSCC(C)(C)NC(=O)c1c(OS(C)(=O)=O)cccc1C(=O)Nc1ccc(C(F)(C(F)(F)F)C(F)(F)F)cc1C. The van der Waals surface area contributed by atoms with E-state index in [9.17, 15) is 48.7 Å². The fourth-order valence-corrected chi connectivity index (χ4v) is 4.91. The molecule has 0 aliphatic rings. The van der Waals surface area contributed by atoms with Crippen molar-refractivity contribution < 1.29 is 52.9 Å². The maximum Gasteiger partial charge on any atom is 0.435 e. The average Bonchev–Trinajstić information content (AvgIpc) is 2.83. The molecule has 42 heavy (non-hydrogen) atoms. The highest BCUT2D eigenvalue weighted by atomic mass is 32.2. The molecular formula is C26H31F7N2O5S2. The van der Waals surface area contributed by atoms with E-state index < -0.39 is 67.9 Å². The van der Waals surface area contributed by atoms with E-state index in [1.54, 1.807) is 20.1 Å². The Kier molecular flexibility index (Phi) is 11.9. The molecule has 2 rings (SSSR count). The molecule has 2 aromatic rings. The van der Waals surface area contributed by atoms with Crippen LogP contribution in [-0.4, -0.2) is 56.4 Å². The first-order valence-electron chi connectivity index (χ1n) is 12.1. The van der Waals surface area contributed by atoms with E-state index in [4.69, 9.17) is 4.18 Å². The van der Waals surface area contributed by atoms with E-state index in [2.05, 4.69) is 10.6 Å². The molecule has 7 nitrogen and oxygen atoms in total. The summed E-state index contributed by atoms with van der Waals surface area (Å²) in [5.41, 5.74) is -9.83. The van der Waals surface area contributed by atoms with E-state index in [-0.39, 0.29) is 17.3 Å². The van der Waals surface area contributed by atoms with Crippen LogP contribution in [0.4, 0.5) is 36.4 Å². The average molecular weight is 649 g/mol. The fraction of sp³-hybridized carbons (Fsp3) is 0.462. The van der Waals surface area contributed by atoms with Gasteiger partial charge in [-0.1, -0.05) is 32.0 Å². The largest absolute Gasteiger partial charge is 0.435 e. The van der Waals surface area contributed by atoms with E-state index in [1.807, 2.05) is 13.8 Å². The van der Waals surface area contributed by atoms with Crippen LogP contribution in [0.5, 0.6) is 5.75 Å². The molecule has 2 aromatic carbocycles. The molecule has 0 radical (unpaired) electrons. The van der Waals surface area contributed by atoms with Crippen molar-refractivity contribution in [2.24, 2.45) is 0 Å². The molecule has 0 saturated heterocycles. The van der Waals surface area contributed by atoms with E-state index in [0.717, 1.165) is 19.1 Å². The molecule has 2 amide bonds. The third kappa shape index (κ3) is 8.75. The number of alkyl halides is 7. The Labute approximate surface area is 243 Å². The molecule has 0 atom stereocenters. The molecule has 0 aromatic heterocycles. The number of nitrogens with one attached hydrogen (secondary N) is 2. The summed E-state index contributed by atoms with van der Waals surface area (Å²) in [6.07, 6.45) is -10.2. The predicted octanol–water partition coefficient (Wildman–Crippen LogP) is 6.77. The van der Waals surface area contributed by atoms with Crippen LogP contribution in [0, 0.1) is 6.92 Å². The van der Waals surface area contributed by atoms with Crippen LogP contribution in [0.15, 0.2) is 36.4 Å². The Balaban J connectivity index is 0.00000431. The van der Waals surface area contributed by atoms with Gasteiger partial charge in [0.25, 0.3) is 11.8 Å². The number of rotatable bonds is 9. The van der Waals surface area contributed by atoms with Gasteiger partial charge >= 0.3 is 28.1 Å². The summed E-state index contributed by atoms with van der Waals surface area (Å²) < 4.78 is 122. The lowest BCUT2D eigenvalue weighted by atomic mass is 9.92. The summed E-state index contributed by atoms with van der Waals surface area (Å²) in [4.78, 5) is 26.4. The number of thioether (sulfide) groups is 1. The number of benzene rings is 2. The van der Waals surface area contributed by atoms with Gasteiger partial charge in [-0.3, -0.25) is 9.59 Å². The van der Waals surface area contributed by atoms with Crippen molar-refractivity contribution in [1.29, 1.82) is 0 Å². The first kappa shape index (κ1) is 37.0. The van der Waals surface area contributed by atoms with Gasteiger partial charge in [-0.2, -0.15) is 46.5 Å².